The Kier molecular flexibility index (Phi) is 4.15. The van der Waals surface area contributed by atoms with Gasteiger partial charge in [-0.05, 0) is 6.42 Å². The van der Waals surface area contributed by atoms with Crippen LogP contribution in [0.1, 0.15) is 33.1 Å². The molecule has 11 heavy (non-hydrogen) atoms. The molecule has 0 radical (unpaired) electrons. The Hall–Kier alpha value is -0.540. The van der Waals surface area contributed by atoms with Gasteiger partial charge in [0.1, 0.15) is 0 Å². The predicted octanol–water partition coefficient (Wildman–Crippen LogP) is 2.97. The van der Waals surface area contributed by atoms with E-state index >= 15 is 0 Å². The Bertz CT molecular complexity index is 128. The first-order chi connectivity index (χ1) is 5.14. The van der Waals surface area contributed by atoms with Gasteiger partial charge in [-0.15, -0.1) is 0 Å². The number of rotatable bonds is 1. The third-order valence-corrected chi connectivity index (χ3v) is 1.53. The quantitative estimate of drug-likeness (QED) is 0.549. The van der Waals surface area contributed by atoms with Gasteiger partial charge in [0, 0.05) is 12.8 Å². The number of halogens is 2. The molecule has 2 nitrogen and oxygen atoms in total. The summed E-state index contributed by atoms with van der Waals surface area (Å²) in [6.45, 7) is 4.00. The number of hydrogen-bond donors (Lipinski definition) is 0. The highest BCUT2D eigenvalue weighted by atomic mass is 19.3. The molecule has 1 fully saturated rings. The van der Waals surface area contributed by atoms with E-state index in [-0.39, 0.29) is 19.3 Å². The van der Waals surface area contributed by atoms with Crippen LogP contribution in [0.5, 0.6) is 0 Å². The lowest BCUT2D eigenvalue weighted by Crippen LogP contribution is -2.10. The summed E-state index contributed by atoms with van der Waals surface area (Å²) in [5.41, 5.74) is 0. The van der Waals surface area contributed by atoms with Crippen LogP contribution in [-0.2, 0) is 0 Å². The second kappa shape index (κ2) is 4.36. The smallest absolute Gasteiger partial charge is 0.207 e. The maximum absolute atomic E-state index is 12.2. The molecule has 1 unspecified atom stereocenters. The van der Waals surface area contributed by atoms with E-state index < -0.39 is 12.0 Å². The lowest BCUT2D eigenvalue weighted by atomic mass is 10.3. The molecule has 0 saturated heterocycles. The molecule has 0 spiro atoms. The van der Waals surface area contributed by atoms with Gasteiger partial charge in [-0.25, -0.2) is 8.78 Å². The minimum absolute atomic E-state index is 0.177. The molecule has 4 heteroatoms. The van der Waals surface area contributed by atoms with Crippen LogP contribution in [0, 0.1) is 4.91 Å². The SMILES string of the molecule is CC.O=NC1CCC(F)(F)C1. The first-order valence-corrected chi connectivity index (χ1v) is 3.84. The first-order valence-electron chi connectivity index (χ1n) is 3.84. The first kappa shape index (κ1) is 10.5. The Morgan fingerprint density at radius 1 is 1.45 bits per heavy atom. The van der Waals surface area contributed by atoms with E-state index in [2.05, 4.69) is 5.18 Å². The van der Waals surface area contributed by atoms with Crippen LogP contribution in [0.25, 0.3) is 0 Å². The fourth-order valence-electron chi connectivity index (χ4n) is 1.02. The summed E-state index contributed by atoms with van der Waals surface area (Å²) >= 11 is 0. The van der Waals surface area contributed by atoms with Gasteiger partial charge in [0.05, 0.1) is 6.04 Å². The molecule has 1 atom stereocenters. The van der Waals surface area contributed by atoms with Crippen molar-refractivity contribution in [3.05, 3.63) is 4.91 Å². The Morgan fingerprint density at radius 2 is 2.00 bits per heavy atom. The maximum atomic E-state index is 12.2. The van der Waals surface area contributed by atoms with Crippen molar-refractivity contribution in [2.75, 3.05) is 0 Å². The fraction of sp³-hybridized carbons (Fsp3) is 1.00. The zero-order chi connectivity index (χ0) is 8.91. The zero-order valence-electron chi connectivity index (χ0n) is 6.81. The number of nitrogens with zero attached hydrogens (tertiary/aromatic N) is 1. The predicted molar refractivity (Wildman–Crippen MR) is 39.7 cm³/mol. The second-order valence-electron chi connectivity index (χ2n) is 2.36. The Labute approximate surface area is 65.0 Å². The minimum atomic E-state index is -2.63. The molecule has 0 aromatic carbocycles. The zero-order valence-corrected chi connectivity index (χ0v) is 6.81. The molecule has 66 valence electrons. The average Bonchev–Trinajstić information content (AvgIpc) is 2.34. The van der Waals surface area contributed by atoms with E-state index in [1.807, 2.05) is 13.8 Å². The van der Waals surface area contributed by atoms with Crippen LogP contribution in [0.2, 0.25) is 0 Å². The van der Waals surface area contributed by atoms with E-state index in [0.717, 1.165) is 0 Å². The van der Waals surface area contributed by atoms with Gasteiger partial charge < -0.3 is 0 Å². The van der Waals surface area contributed by atoms with E-state index in [1.54, 1.807) is 0 Å². The molecule has 0 aromatic rings. The van der Waals surface area contributed by atoms with Crippen LogP contribution in [0.3, 0.4) is 0 Å². The standard InChI is InChI=1S/C5H7F2NO.C2H6/c6-5(7)2-1-4(3-5)8-9;1-2/h4H,1-3H2;1-2H3. The summed E-state index contributed by atoms with van der Waals surface area (Å²) in [5, 5.41) is 2.55. The molecule has 0 aliphatic heterocycles. The molecule has 0 amide bonds. The Morgan fingerprint density at radius 3 is 2.18 bits per heavy atom. The second-order valence-corrected chi connectivity index (χ2v) is 2.36. The molecule has 1 rings (SSSR count). The van der Waals surface area contributed by atoms with Crippen molar-refractivity contribution in [3.8, 4) is 0 Å². The summed E-state index contributed by atoms with van der Waals surface area (Å²) in [5.74, 6) is -2.63. The molecule has 0 bridgehead atoms. The number of nitroso groups, excluding NO2 is 1. The minimum Gasteiger partial charge on any atom is -0.207 e. The largest absolute Gasteiger partial charge is 0.250 e. The van der Waals surface area contributed by atoms with Gasteiger partial charge in [0.25, 0.3) is 0 Å². The van der Waals surface area contributed by atoms with Crippen molar-refractivity contribution in [1.82, 2.24) is 0 Å². The maximum Gasteiger partial charge on any atom is 0.250 e. The third-order valence-electron chi connectivity index (χ3n) is 1.53. The Balaban J connectivity index is 0.000000461. The van der Waals surface area contributed by atoms with Crippen molar-refractivity contribution >= 4 is 0 Å². The van der Waals surface area contributed by atoms with Gasteiger partial charge in [0.2, 0.25) is 5.92 Å². The van der Waals surface area contributed by atoms with E-state index in [1.165, 1.54) is 0 Å². The normalized spacial score (nSPS) is 27.1. The van der Waals surface area contributed by atoms with Gasteiger partial charge in [-0.3, -0.25) is 0 Å². The van der Waals surface area contributed by atoms with E-state index in [0.29, 0.717) is 0 Å². The summed E-state index contributed by atoms with van der Waals surface area (Å²) in [6.07, 6.45) is -0.281. The van der Waals surface area contributed by atoms with Crippen molar-refractivity contribution in [1.29, 1.82) is 0 Å². The van der Waals surface area contributed by atoms with Crippen LogP contribution in [-0.4, -0.2) is 12.0 Å². The summed E-state index contributed by atoms with van der Waals surface area (Å²) < 4.78 is 24.4. The summed E-state index contributed by atoms with van der Waals surface area (Å²) in [7, 11) is 0. The fourth-order valence-corrected chi connectivity index (χ4v) is 1.02. The van der Waals surface area contributed by atoms with Crippen molar-refractivity contribution in [2.45, 2.75) is 45.1 Å². The van der Waals surface area contributed by atoms with E-state index in [4.69, 9.17) is 0 Å². The lowest BCUT2D eigenvalue weighted by molar-refractivity contribution is 0.00804. The molecule has 1 aliphatic rings. The highest BCUT2D eigenvalue weighted by Crippen LogP contribution is 2.36. The average molecular weight is 165 g/mol. The highest BCUT2D eigenvalue weighted by Gasteiger charge is 2.40. The molecule has 0 aromatic heterocycles. The molecule has 1 aliphatic carbocycles. The topological polar surface area (TPSA) is 29.4 Å². The van der Waals surface area contributed by atoms with Gasteiger partial charge in [-0.2, -0.15) is 4.91 Å². The summed E-state index contributed by atoms with van der Waals surface area (Å²) in [4.78, 5) is 9.71. The van der Waals surface area contributed by atoms with Crippen molar-refractivity contribution in [2.24, 2.45) is 5.18 Å². The van der Waals surface area contributed by atoms with Gasteiger partial charge >= 0.3 is 0 Å². The molecular formula is C7H13F2NO. The van der Waals surface area contributed by atoms with Crippen molar-refractivity contribution < 1.29 is 8.78 Å². The highest BCUT2D eigenvalue weighted by molar-refractivity contribution is 4.85. The number of hydrogen-bond acceptors (Lipinski definition) is 2. The van der Waals surface area contributed by atoms with Crippen LogP contribution < -0.4 is 0 Å². The molecule has 1 saturated carbocycles. The summed E-state index contributed by atoms with van der Waals surface area (Å²) in [6, 6.07) is -0.639. The number of alkyl halides is 2. The van der Waals surface area contributed by atoms with Crippen LogP contribution >= 0.6 is 0 Å². The van der Waals surface area contributed by atoms with Crippen LogP contribution in [0.15, 0.2) is 5.18 Å². The van der Waals surface area contributed by atoms with Gasteiger partial charge in [0.15, 0.2) is 0 Å². The van der Waals surface area contributed by atoms with Crippen LogP contribution in [0.4, 0.5) is 8.78 Å². The molecular weight excluding hydrogens is 152 g/mol. The monoisotopic (exact) mass is 165 g/mol. The lowest BCUT2D eigenvalue weighted by Gasteiger charge is -2.03. The van der Waals surface area contributed by atoms with Gasteiger partial charge in [-0.1, -0.05) is 19.0 Å². The van der Waals surface area contributed by atoms with Crippen molar-refractivity contribution in [3.63, 3.8) is 0 Å². The molecule has 0 N–H and O–H groups in total. The third kappa shape index (κ3) is 3.39. The molecule has 0 heterocycles. The van der Waals surface area contributed by atoms with E-state index in [9.17, 15) is 13.7 Å².